The summed E-state index contributed by atoms with van der Waals surface area (Å²) < 4.78 is 0. The molecule has 0 saturated carbocycles. The van der Waals surface area contributed by atoms with Gasteiger partial charge in [-0.1, -0.05) is 20.3 Å². The quantitative estimate of drug-likeness (QED) is 0.899. The zero-order chi connectivity index (χ0) is 14.2. The number of nitrogens with zero attached hydrogens (tertiary/aromatic N) is 4. The van der Waals surface area contributed by atoms with Gasteiger partial charge >= 0.3 is 0 Å². The Labute approximate surface area is 119 Å². The minimum Gasteiger partial charge on any atom is -0.357 e. The third-order valence-corrected chi connectivity index (χ3v) is 4.64. The van der Waals surface area contributed by atoms with Gasteiger partial charge in [0.15, 0.2) is 5.65 Å². The topological polar surface area (TPSA) is 69.7 Å². The summed E-state index contributed by atoms with van der Waals surface area (Å²) in [6.07, 6.45) is 5.48. The lowest BCUT2D eigenvalue weighted by molar-refractivity contribution is 0.238. The molecular weight excluding hydrogens is 252 g/mol. The van der Waals surface area contributed by atoms with E-state index in [9.17, 15) is 0 Å². The van der Waals surface area contributed by atoms with Crippen molar-refractivity contribution in [2.75, 3.05) is 30.4 Å². The van der Waals surface area contributed by atoms with Gasteiger partial charge in [-0.05, 0) is 18.3 Å². The van der Waals surface area contributed by atoms with Gasteiger partial charge in [-0.3, -0.25) is 5.10 Å². The number of nitrogens with one attached hydrogen (secondary N) is 2. The van der Waals surface area contributed by atoms with Crippen molar-refractivity contribution < 1.29 is 0 Å². The van der Waals surface area contributed by atoms with Crippen LogP contribution in [0.5, 0.6) is 0 Å². The first-order valence-corrected chi connectivity index (χ1v) is 7.29. The van der Waals surface area contributed by atoms with Crippen LogP contribution in [0.1, 0.15) is 33.1 Å². The Kier molecular flexibility index (Phi) is 3.23. The van der Waals surface area contributed by atoms with E-state index in [0.29, 0.717) is 11.4 Å². The Morgan fingerprint density at radius 3 is 2.75 bits per heavy atom. The van der Waals surface area contributed by atoms with Crippen LogP contribution in [0.3, 0.4) is 0 Å². The number of hydrogen-bond donors (Lipinski definition) is 2. The van der Waals surface area contributed by atoms with Crippen LogP contribution in [0.15, 0.2) is 6.20 Å². The van der Waals surface area contributed by atoms with Crippen molar-refractivity contribution in [3.8, 4) is 0 Å². The largest absolute Gasteiger partial charge is 0.357 e. The second-order valence-electron chi connectivity index (χ2n) is 5.90. The highest BCUT2D eigenvalue weighted by Gasteiger charge is 2.29. The number of rotatable bonds is 3. The number of fused-ring (bicyclic) bond motifs is 1. The Balaban J connectivity index is 1.92. The molecule has 1 saturated heterocycles. The Bertz CT molecular complexity index is 597. The van der Waals surface area contributed by atoms with Gasteiger partial charge in [0.1, 0.15) is 5.82 Å². The van der Waals surface area contributed by atoms with E-state index in [1.54, 1.807) is 0 Å². The van der Waals surface area contributed by atoms with Crippen LogP contribution in [0.2, 0.25) is 0 Å². The van der Waals surface area contributed by atoms with E-state index >= 15 is 0 Å². The summed E-state index contributed by atoms with van der Waals surface area (Å²) in [5.74, 6) is 1.63. The molecule has 0 atom stereocenters. The first kappa shape index (κ1) is 13.1. The molecule has 0 aliphatic carbocycles. The maximum Gasteiger partial charge on any atom is 0.226 e. The molecule has 0 unspecified atom stereocenters. The zero-order valence-corrected chi connectivity index (χ0v) is 12.4. The Morgan fingerprint density at radius 2 is 2.10 bits per heavy atom. The number of hydrogen-bond acceptors (Lipinski definition) is 5. The van der Waals surface area contributed by atoms with Crippen LogP contribution in [-0.4, -0.2) is 40.3 Å². The molecular formula is C14H22N6. The first-order valence-electron chi connectivity index (χ1n) is 7.29. The van der Waals surface area contributed by atoms with Gasteiger partial charge < -0.3 is 10.2 Å². The van der Waals surface area contributed by atoms with Gasteiger partial charge in [0.2, 0.25) is 5.95 Å². The Morgan fingerprint density at radius 1 is 1.35 bits per heavy atom. The van der Waals surface area contributed by atoms with Crippen LogP contribution in [-0.2, 0) is 0 Å². The van der Waals surface area contributed by atoms with E-state index in [1.165, 1.54) is 19.3 Å². The number of anilines is 2. The molecule has 0 radical (unpaired) electrons. The molecule has 2 N–H and O–H groups in total. The van der Waals surface area contributed by atoms with E-state index in [0.717, 1.165) is 29.9 Å². The maximum atomic E-state index is 4.63. The zero-order valence-electron chi connectivity index (χ0n) is 12.4. The standard InChI is InChI=1S/C14H22N6/c1-4-14(2)5-7-20(8-6-14)12-10-9-16-19-11(10)17-13(15-3)18-12/h9H,4-8H2,1-3H3,(H2,15,16,17,18,19). The average molecular weight is 274 g/mol. The molecule has 6 nitrogen and oxygen atoms in total. The van der Waals surface area contributed by atoms with Crippen molar-refractivity contribution in [2.45, 2.75) is 33.1 Å². The number of H-pyrrole nitrogens is 1. The molecule has 3 rings (SSSR count). The summed E-state index contributed by atoms with van der Waals surface area (Å²) in [4.78, 5) is 11.4. The van der Waals surface area contributed by atoms with E-state index in [4.69, 9.17) is 0 Å². The molecule has 0 spiro atoms. The van der Waals surface area contributed by atoms with Gasteiger partial charge in [-0.15, -0.1) is 0 Å². The van der Waals surface area contributed by atoms with Crippen LogP contribution in [0, 0.1) is 5.41 Å². The molecule has 0 bridgehead atoms. The smallest absolute Gasteiger partial charge is 0.226 e. The fourth-order valence-corrected chi connectivity index (χ4v) is 2.78. The third kappa shape index (κ3) is 2.19. The number of piperidine rings is 1. The molecule has 3 heterocycles. The van der Waals surface area contributed by atoms with Crippen molar-refractivity contribution in [1.82, 2.24) is 20.2 Å². The lowest BCUT2D eigenvalue weighted by Crippen LogP contribution is -2.39. The van der Waals surface area contributed by atoms with Gasteiger partial charge in [-0.2, -0.15) is 15.1 Å². The monoisotopic (exact) mass is 274 g/mol. The van der Waals surface area contributed by atoms with E-state index < -0.39 is 0 Å². The van der Waals surface area contributed by atoms with Gasteiger partial charge in [-0.25, -0.2) is 0 Å². The summed E-state index contributed by atoms with van der Waals surface area (Å²) in [5, 5.41) is 11.1. The van der Waals surface area contributed by atoms with Crippen LogP contribution in [0.25, 0.3) is 11.0 Å². The first-order chi connectivity index (χ1) is 9.65. The molecule has 1 aliphatic rings. The lowest BCUT2D eigenvalue weighted by atomic mass is 9.78. The lowest BCUT2D eigenvalue weighted by Gasteiger charge is -2.39. The Hall–Kier alpha value is -1.85. The summed E-state index contributed by atoms with van der Waals surface area (Å²) in [6.45, 7) is 6.76. The second-order valence-corrected chi connectivity index (χ2v) is 5.90. The fraction of sp³-hybridized carbons (Fsp3) is 0.643. The third-order valence-electron chi connectivity index (χ3n) is 4.64. The molecule has 2 aromatic heterocycles. The van der Waals surface area contributed by atoms with E-state index in [1.807, 2.05) is 13.2 Å². The highest BCUT2D eigenvalue weighted by Crippen LogP contribution is 2.36. The normalized spacial score (nSPS) is 18.4. The molecule has 1 aliphatic heterocycles. The highest BCUT2D eigenvalue weighted by molar-refractivity contribution is 5.87. The summed E-state index contributed by atoms with van der Waals surface area (Å²) in [5.41, 5.74) is 1.27. The van der Waals surface area contributed by atoms with Crippen molar-refractivity contribution in [3.63, 3.8) is 0 Å². The van der Waals surface area contributed by atoms with Crippen molar-refractivity contribution >= 4 is 22.8 Å². The van der Waals surface area contributed by atoms with Crippen LogP contribution < -0.4 is 10.2 Å². The van der Waals surface area contributed by atoms with Crippen molar-refractivity contribution in [1.29, 1.82) is 0 Å². The SMILES string of the molecule is CCC1(C)CCN(c2nc(NC)nc3[nH]ncc23)CC1. The average Bonchev–Trinajstić information content (AvgIpc) is 2.95. The van der Waals surface area contributed by atoms with Crippen molar-refractivity contribution in [2.24, 2.45) is 5.41 Å². The van der Waals surface area contributed by atoms with Crippen molar-refractivity contribution in [3.05, 3.63) is 6.20 Å². The molecule has 6 heteroatoms. The summed E-state index contributed by atoms with van der Waals surface area (Å²) in [7, 11) is 1.84. The van der Waals surface area contributed by atoms with E-state index in [-0.39, 0.29) is 0 Å². The van der Waals surface area contributed by atoms with E-state index in [2.05, 4.69) is 44.2 Å². The molecule has 0 aromatic carbocycles. The van der Waals surface area contributed by atoms with Gasteiger partial charge in [0, 0.05) is 20.1 Å². The number of aromatic nitrogens is 4. The maximum absolute atomic E-state index is 4.63. The van der Waals surface area contributed by atoms with Crippen LogP contribution >= 0.6 is 0 Å². The number of aromatic amines is 1. The molecule has 20 heavy (non-hydrogen) atoms. The summed E-state index contributed by atoms with van der Waals surface area (Å²) in [6, 6.07) is 0. The highest BCUT2D eigenvalue weighted by atomic mass is 15.3. The molecule has 1 fully saturated rings. The van der Waals surface area contributed by atoms with Gasteiger partial charge in [0.05, 0.1) is 11.6 Å². The predicted octanol–water partition coefficient (Wildman–Crippen LogP) is 2.41. The minimum absolute atomic E-state index is 0.477. The van der Waals surface area contributed by atoms with Crippen LogP contribution in [0.4, 0.5) is 11.8 Å². The summed E-state index contributed by atoms with van der Waals surface area (Å²) >= 11 is 0. The second kappa shape index (κ2) is 4.92. The molecule has 0 amide bonds. The minimum atomic E-state index is 0.477. The molecule has 108 valence electrons. The molecule has 2 aromatic rings. The fourth-order valence-electron chi connectivity index (χ4n) is 2.78. The predicted molar refractivity (Wildman–Crippen MR) is 81.1 cm³/mol. The van der Waals surface area contributed by atoms with Gasteiger partial charge in [0.25, 0.3) is 0 Å².